The summed E-state index contributed by atoms with van der Waals surface area (Å²) in [6.45, 7) is 5.24. The molecular formula is C9H14NS+. The molecule has 0 saturated carbocycles. The first kappa shape index (κ1) is 8.60. The Labute approximate surface area is 73.5 Å². The van der Waals surface area contributed by atoms with E-state index in [1.165, 1.54) is 11.4 Å². The lowest BCUT2D eigenvalue weighted by Gasteiger charge is -2.00. The molecule has 0 spiro atoms. The van der Waals surface area contributed by atoms with Gasteiger partial charge in [-0.3, -0.25) is 0 Å². The predicted octanol–water partition coefficient (Wildman–Crippen LogP) is 1.52. The maximum atomic E-state index is 4.21. The Hall–Kier alpha value is -0.500. The molecule has 0 aromatic carbocycles. The maximum Gasteiger partial charge on any atom is 0.178 e. The minimum atomic E-state index is 0.899. The summed E-state index contributed by atoms with van der Waals surface area (Å²) < 4.78 is 2.27. The summed E-state index contributed by atoms with van der Waals surface area (Å²) in [5.74, 6) is 0.899. The lowest BCUT2D eigenvalue weighted by atomic mass is 10.3. The maximum absolute atomic E-state index is 4.21. The van der Waals surface area contributed by atoms with Crippen LogP contribution in [0.5, 0.6) is 0 Å². The van der Waals surface area contributed by atoms with Crippen molar-refractivity contribution in [1.82, 2.24) is 0 Å². The fourth-order valence-corrected chi connectivity index (χ4v) is 1.44. The fraction of sp³-hybridized carbons (Fsp3) is 0.444. The van der Waals surface area contributed by atoms with Gasteiger partial charge in [-0.05, 0) is 6.07 Å². The van der Waals surface area contributed by atoms with Crippen molar-refractivity contribution in [3.63, 3.8) is 0 Å². The van der Waals surface area contributed by atoms with Crippen molar-refractivity contribution in [2.75, 3.05) is 5.75 Å². The van der Waals surface area contributed by atoms with E-state index in [-0.39, 0.29) is 0 Å². The van der Waals surface area contributed by atoms with Gasteiger partial charge in [-0.15, -0.1) is 0 Å². The van der Waals surface area contributed by atoms with Gasteiger partial charge in [0.25, 0.3) is 0 Å². The Morgan fingerprint density at radius 2 is 1.82 bits per heavy atom. The zero-order chi connectivity index (χ0) is 8.27. The van der Waals surface area contributed by atoms with E-state index in [1.807, 2.05) is 0 Å². The second-order valence-corrected chi connectivity index (χ2v) is 3.13. The van der Waals surface area contributed by atoms with Crippen LogP contribution in [0.3, 0.4) is 0 Å². The number of aromatic nitrogens is 1. The number of aryl methyl sites for hydroxylation is 2. The molecule has 0 fully saturated rings. The van der Waals surface area contributed by atoms with Crippen LogP contribution < -0.4 is 4.57 Å². The molecule has 60 valence electrons. The Balaban J connectivity index is 3.00. The van der Waals surface area contributed by atoms with E-state index < -0.39 is 0 Å². The fourth-order valence-electron chi connectivity index (χ4n) is 1.24. The molecule has 0 N–H and O–H groups in total. The first-order valence-electron chi connectivity index (χ1n) is 3.82. The first-order valence-corrected chi connectivity index (χ1v) is 4.46. The summed E-state index contributed by atoms with van der Waals surface area (Å²) in [5, 5.41) is 0. The molecule has 0 bridgehead atoms. The van der Waals surface area contributed by atoms with Gasteiger partial charge in [-0.1, -0.05) is 0 Å². The van der Waals surface area contributed by atoms with Gasteiger partial charge in [0.2, 0.25) is 0 Å². The number of hydrogen-bond donors (Lipinski definition) is 1. The van der Waals surface area contributed by atoms with E-state index in [9.17, 15) is 0 Å². The molecule has 0 atom stereocenters. The van der Waals surface area contributed by atoms with Crippen molar-refractivity contribution in [3.05, 3.63) is 29.6 Å². The first-order chi connectivity index (χ1) is 5.25. The molecule has 1 aromatic heterocycles. The largest absolute Gasteiger partial charge is 0.199 e. The quantitative estimate of drug-likeness (QED) is 0.504. The number of nitrogens with zero attached hydrogens (tertiary/aromatic N) is 1. The SMILES string of the molecule is Cc1cccc(C)[n+]1CCS. The summed E-state index contributed by atoms with van der Waals surface area (Å²) in [7, 11) is 0. The molecule has 0 aliphatic carbocycles. The average molecular weight is 168 g/mol. The summed E-state index contributed by atoms with van der Waals surface area (Å²) >= 11 is 4.21. The summed E-state index contributed by atoms with van der Waals surface area (Å²) in [4.78, 5) is 0. The van der Waals surface area contributed by atoms with E-state index in [0.717, 1.165) is 12.3 Å². The Bertz CT molecular complexity index is 225. The Morgan fingerprint density at radius 3 is 2.27 bits per heavy atom. The number of pyridine rings is 1. The van der Waals surface area contributed by atoms with Gasteiger partial charge >= 0.3 is 0 Å². The monoisotopic (exact) mass is 168 g/mol. The van der Waals surface area contributed by atoms with E-state index in [2.05, 4.69) is 49.2 Å². The van der Waals surface area contributed by atoms with Crippen LogP contribution in [-0.2, 0) is 6.54 Å². The number of hydrogen-bond acceptors (Lipinski definition) is 1. The van der Waals surface area contributed by atoms with Crippen LogP contribution in [0, 0.1) is 13.8 Å². The molecule has 0 radical (unpaired) electrons. The van der Waals surface area contributed by atoms with Gasteiger partial charge in [-0.25, -0.2) is 0 Å². The lowest BCUT2D eigenvalue weighted by molar-refractivity contribution is -0.704. The predicted molar refractivity (Wildman–Crippen MR) is 50.0 cm³/mol. The van der Waals surface area contributed by atoms with Crippen LogP contribution in [-0.4, -0.2) is 5.75 Å². The molecule has 0 saturated heterocycles. The van der Waals surface area contributed by atoms with Crippen molar-refractivity contribution in [2.24, 2.45) is 0 Å². The van der Waals surface area contributed by atoms with Gasteiger partial charge in [0, 0.05) is 31.7 Å². The highest BCUT2D eigenvalue weighted by molar-refractivity contribution is 7.80. The molecule has 0 aliphatic heterocycles. The van der Waals surface area contributed by atoms with Crippen LogP contribution in [0.1, 0.15) is 11.4 Å². The third-order valence-electron chi connectivity index (χ3n) is 1.85. The molecule has 0 aliphatic rings. The van der Waals surface area contributed by atoms with Crippen LogP contribution in [0.2, 0.25) is 0 Å². The second kappa shape index (κ2) is 3.77. The summed E-state index contributed by atoms with van der Waals surface area (Å²) in [6.07, 6.45) is 0. The van der Waals surface area contributed by atoms with Gasteiger partial charge in [-0.2, -0.15) is 17.2 Å². The normalized spacial score (nSPS) is 10.1. The Kier molecular flexibility index (Phi) is 2.94. The van der Waals surface area contributed by atoms with Gasteiger partial charge in [0.1, 0.15) is 0 Å². The number of rotatable bonds is 2. The molecule has 11 heavy (non-hydrogen) atoms. The van der Waals surface area contributed by atoms with Gasteiger partial charge in [0.15, 0.2) is 17.9 Å². The van der Waals surface area contributed by atoms with Crippen LogP contribution in [0.25, 0.3) is 0 Å². The smallest absolute Gasteiger partial charge is 0.178 e. The average Bonchev–Trinajstić information content (AvgIpc) is 1.97. The second-order valence-electron chi connectivity index (χ2n) is 2.68. The highest BCUT2D eigenvalue weighted by Crippen LogP contribution is 1.94. The molecule has 0 amide bonds. The van der Waals surface area contributed by atoms with Crippen molar-refractivity contribution >= 4 is 12.6 Å². The molecule has 2 heteroatoms. The lowest BCUT2D eigenvalue weighted by Crippen LogP contribution is -2.40. The van der Waals surface area contributed by atoms with Crippen LogP contribution in [0.4, 0.5) is 0 Å². The van der Waals surface area contributed by atoms with E-state index in [4.69, 9.17) is 0 Å². The molecule has 1 rings (SSSR count). The molecule has 1 nitrogen and oxygen atoms in total. The van der Waals surface area contributed by atoms with Crippen molar-refractivity contribution < 1.29 is 4.57 Å². The zero-order valence-electron chi connectivity index (χ0n) is 7.04. The van der Waals surface area contributed by atoms with Crippen LogP contribution in [0.15, 0.2) is 18.2 Å². The summed E-state index contributed by atoms with van der Waals surface area (Å²) in [5.41, 5.74) is 2.61. The third-order valence-corrected chi connectivity index (χ3v) is 2.05. The van der Waals surface area contributed by atoms with E-state index >= 15 is 0 Å². The molecular weight excluding hydrogens is 154 g/mol. The standard InChI is InChI=1S/C9H13NS/c1-8-4-3-5-9(2)10(8)6-7-11/h3-5H,6-7H2,1-2H3/p+1. The van der Waals surface area contributed by atoms with Crippen LogP contribution >= 0.6 is 12.6 Å². The van der Waals surface area contributed by atoms with Gasteiger partial charge < -0.3 is 0 Å². The van der Waals surface area contributed by atoms with Crippen molar-refractivity contribution in [2.45, 2.75) is 20.4 Å². The molecule has 1 aromatic rings. The topological polar surface area (TPSA) is 3.88 Å². The minimum absolute atomic E-state index is 0.899. The highest BCUT2D eigenvalue weighted by Gasteiger charge is 2.06. The minimum Gasteiger partial charge on any atom is -0.199 e. The van der Waals surface area contributed by atoms with E-state index in [1.54, 1.807) is 0 Å². The van der Waals surface area contributed by atoms with Crippen molar-refractivity contribution in [3.8, 4) is 0 Å². The van der Waals surface area contributed by atoms with E-state index in [0.29, 0.717) is 0 Å². The zero-order valence-corrected chi connectivity index (χ0v) is 7.94. The number of thiol groups is 1. The molecule has 0 unspecified atom stereocenters. The van der Waals surface area contributed by atoms with Crippen molar-refractivity contribution in [1.29, 1.82) is 0 Å². The van der Waals surface area contributed by atoms with Gasteiger partial charge in [0.05, 0.1) is 0 Å². The summed E-state index contributed by atoms with van der Waals surface area (Å²) in [6, 6.07) is 6.33. The third kappa shape index (κ3) is 1.96. The highest BCUT2D eigenvalue weighted by atomic mass is 32.1. The Morgan fingerprint density at radius 1 is 1.27 bits per heavy atom. The molecule has 1 heterocycles.